The normalized spacial score (nSPS) is 24.6. The minimum absolute atomic E-state index is 0.0125. The Labute approximate surface area is 318 Å². The summed E-state index contributed by atoms with van der Waals surface area (Å²) in [6.07, 6.45) is 9.35. The van der Waals surface area contributed by atoms with Gasteiger partial charge in [-0.1, -0.05) is 36.2 Å². The van der Waals surface area contributed by atoms with Gasteiger partial charge >= 0.3 is 12.2 Å². The van der Waals surface area contributed by atoms with E-state index < -0.39 is 29.9 Å². The molecule has 14 nitrogen and oxygen atoms in total. The zero-order valence-electron chi connectivity index (χ0n) is 31.8. The molecule has 1 aromatic carbocycles. The summed E-state index contributed by atoms with van der Waals surface area (Å²) in [6.45, 7) is 10.4. The Morgan fingerprint density at radius 3 is 2.52 bits per heavy atom. The number of carbonyl (C=O) groups is 2. The molecule has 1 fully saturated rings. The second-order valence-electron chi connectivity index (χ2n) is 13.6. The van der Waals surface area contributed by atoms with Crippen LogP contribution in [0.3, 0.4) is 0 Å². The summed E-state index contributed by atoms with van der Waals surface area (Å²) in [7, 11) is 1.48. The highest BCUT2D eigenvalue weighted by Gasteiger charge is 2.65. The molecular formula is C40H59N3O11. The fourth-order valence-electron chi connectivity index (χ4n) is 8.13. The van der Waals surface area contributed by atoms with Gasteiger partial charge in [0.25, 0.3) is 0 Å². The van der Waals surface area contributed by atoms with E-state index in [2.05, 4.69) is 29.7 Å². The first kappa shape index (κ1) is 42.8. The Bertz CT molecular complexity index is 1450. The van der Waals surface area contributed by atoms with Crippen molar-refractivity contribution < 1.29 is 53.4 Å². The minimum Gasteiger partial charge on any atom is -0.459 e. The Balaban J connectivity index is 2.00. The number of nitrogens with zero attached hydrogens (tertiary/aromatic N) is 2. The summed E-state index contributed by atoms with van der Waals surface area (Å²) in [6, 6.07) is 4.48. The van der Waals surface area contributed by atoms with Crippen LogP contribution in [0.4, 0.5) is 9.59 Å². The van der Waals surface area contributed by atoms with Gasteiger partial charge in [-0.15, -0.1) is 13.2 Å². The molecule has 54 heavy (non-hydrogen) atoms. The molecule has 0 bridgehead atoms. The first-order chi connectivity index (χ1) is 26.3. The number of fused-ring (bicyclic) bond motifs is 2. The summed E-state index contributed by atoms with van der Waals surface area (Å²) in [5, 5.41) is 36.2. The van der Waals surface area contributed by atoms with E-state index in [4.69, 9.17) is 28.5 Å². The molecule has 14 heteroatoms. The number of aliphatic hydroxyl groups is 3. The Hall–Kier alpha value is -3.95. The third-order valence-electron chi connectivity index (χ3n) is 10.2. The van der Waals surface area contributed by atoms with Gasteiger partial charge in [-0.05, 0) is 74.6 Å². The molecule has 1 heterocycles. The summed E-state index contributed by atoms with van der Waals surface area (Å²) >= 11 is 0. The fraction of sp³-hybridized carbons (Fsp3) is 0.625. The molecule has 0 aromatic heterocycles. The first-order valence-electron chi connectivity index (χ1n) is 19.1. The number of hydrogen-bond donors (Lipinski definition) is 4. The van der Waals surface area contributed by atoms with Gasteiger partial charge in [-0.2, -0.15) is 0 Å². The van der Waals surface area contributed by atoms with E-state index in [-0.39, 0.29) is 77.0 Å². The number of unbranched alkanes of at least 4 members (excludes halogenated alkanes) is 2. The lowest BCUT2D eigenvalue weighted by Gasteiger charge is -2.59. The molecular weight excluding hydrogens is 698 g/mol. The number of ether oxygens (including phenoxy) is 5. The van der Waals surface area contributed by atoms with Crippen LogP contribution in [-0.4, -0.2) is 116 Å². The fourth-order valence-corrected chi connectivity index (χ4v) is 8.13. The van der Waals surface area contributed by atoms with Gasteiger partial charge in [0.05, 0.1) is 44.7 Å². The number of rotatable bonds is 23. The van der Waals surface area contributed by atoms with Crippen molar-refractivity contribution in [2.75, 3.05) is 66.4 Å². The van der Waals surface area contributed by atoms with Crippen molar-refractivity contribution in [2.45, 2.75) is 76.0 Å². The Morgan fingerprint density at radius 2 is 1.83 bits per heavy atom. The highest BCUT2D eigenvalue weighted by molar-refractivity contribution is 6.03. The Kier molecular flexibility index (Phi) is 17.3. The average molecular weight is 758 g/mol. The van der Waals surface area contributed by atoms with Crippen LogP contribution in [0.5, 0.6) is 11.5 Å². The molecule has 6 unspecified atom stereocenters. The zero-order chi connectivity index (χ0) is 38.9. The van der Waals surface area contributed by atoms with E-state index in [1.165, 1.54) is 7.11 Å². The third kappa shape index (κ3) is 10.2. The van der Waals surface area contributed by atoms with E-state index in [9.17, 15) is 24.9 Å². The van der Waals surface area contributed by atoms with E-state index in [0.29, 0.717) is 43.0 Å². The molecule has 6 atom stereocenters. The highest BCUT2D eigenvalue weighted by Crippen LogP contribution is 2.62. The predicted molar refractivity (Wildman–Crippen MR) is 202 cm³/mol. The van der Waals surface area contributed by atoms with Crippen molar-refractivity contribution in [1.82, 2.24) is 10.2 Å². The predicted octanol–water partition coefficient (Wildman–Crippen LogP) is 5.08. The van der Waals surface area contributed by atoms with Crippen LogP contribution in [0.15, 0.2) is 60.3 Å². The van der Waals surface area contributed by atoms with E-state index in [0.717, 1.165) is 36.8 Å². The van der Waals surface area contributed by atoms with Crippen LogP contribution in [0.1, 0.15) is 69.8 Å². The number of nitrogens with one attached hydrogen (secondary N) is 1. The monoisotopic (exact) mass is 757 g/mol. The van der Waals surface area contributed by atoms with Crippen LogP contribution >= 0.6 is 0 Å². The minimum atomic E-state index is -1.49. The third-order valence-corrected chi connectivity index (χ3v) is 10.2. The van der Waals surface area contributed by atoms with Crippen LogP contribution in [0.2, 0.25) is 0 Å². The zero-order valence-corrected chi connectivity index (χ0v) is 31.8. The van der Waals surface area contributed by atoms with E-state index in [1.54, 1.807) is 29.2 Å². The number of carbonyl (C=O) groups excluding carboxylic acids is 2. The van der Waals surface area contributed by atoms with Crippen molar-refractivity contribution in [3.63, 3.8) is 0 Å². The van der Waals surface area contributed by atoms with Gasteiger partial charge in [-0.3, -0.25) is 4.90 Å². The van der Waals surface area contributed by atoms with Crippen LogP contribution in [-0.2, 0) is 19.0 Å². The molecule has 1 saturated carbocycles. The van der Waals surface area contributed by atoms with Gasteiger partial charge in [0.1, 0.15) is 24.7 Å². The second kappa shape index (κ2) is 21.8. The number of hydrogen-bond acceptors (Lipinski definition) is 12. The molecule has 300 valence electrons. The smallest absolute Gasteiger partial charge is 0.412 e. The van der Waals surface area contributed by atoms with E-state index >= 15 is 0 Å². The Morgan fingerprint density at radius 1 is 1.06 bits per heavy atom. The second-order valence-corrected chi connectivity index (χ2v) is 13.6. The maximum Gasteiger partial charge on any atom is 0.412 e. The largest absolute Gasteiger partial charge is 0.459 e. The van der Waals surface area contributed by atoms with Crippen molar-refractivity contribution in [1.29, 1.82) is 0 Å². The topological polar surface area (TPSA) is 178 Å². The first-order valence-corrected chi connectivity index (χ1v) is 19.1. The molecule has 2 amide bonds. The summed E-state index contributed by atoms with van der Waals surface area (Å²) in [5.41, 5.74) is 2.31. The molecule has 2 aliphatic carbocycles. The highest BCUT2D eigenvalue weighted by atomic mass is 16.7. The molecule has 3 aliphatic rings. The lowest BCUT2D eigenvalue weighted by atomic mass is 9.55. The van der Waals surface area contributed by atoms with E-state index in [1.807, 2.05) is 13.0 Å². The van der Waals surface area contributed by atoms with Crippen molar-refractivity contribution in [2.24, 2.45) is 22.9 Å². The van der Waals surface area contributed by atoms with Gasteiger partial charge in [-0.25, -0.2) is 9.59 Å². The van der Waals surface area contributed by atoms with Crippen molar-refractivity contribution >= 4 is 17.9 Å². The van der Waals surface area contributed by atoms with Crippen LogP contribution in [0, 0.1) is 17.8 Å². The summed E-state index contributed by atoms with van der Waals surface area (Å²) < 4.78 is 31.1. The average Bonchev–Trinajstić information content (AvgIpc) is 3.16. The number of oxime groups is 1. The molecule has 0 spiro atoms. The number of allylic oxidation sites excluding steroid dienone is 1. The van der Waals surface area contributed by atoms with Crippen LogP contribution in [0.25, 0.3) is 0 Å². The number of amides is 2. The number of benzene rings is 1. The molecule has 0 saturated heterocycles. The lowest BCUT2D eigenvalue weighted by molar-refractivity contribution is -0.256. The standard InChI is InChI=1S/C40H59N3O11/c1-5-8-22-51-39(48)43(17-23-50-24-20-46)35-27-33(42-49-4)31-25-28(13-9-11-18-44)30(14-10-12-19-45)36-32-26-29(53-38(47)41-7-3)15-16-34(32)54-40(35,37(31)36)52-21-6-2/h5-6,15-16,25-26,28,30,35-37,44-46H,1-2,7-14,17-24,27H2,3-4H3,(H,41,47). The molecule has 1 aliphatic heterocycles. The molecule has 1 aromatic rings. The molecule has 4 rings (SSSR count). The van der Waals surface area contributed by atoms with Crippen molar-refractivity contribution in [3.05, 3.63) is 60.7 Å². The number of aliphatic hydroxyl groups excluding tert-OH is 3. The van der Waals surface area contributed by atoms with Gasteiger partial charge in [0.2, 0.25) is 5.79 Å². The maximum atomic E-state index is 14.1. The maximum absolute atomic E-state index is 14.1. The SMILES string of the molecule is C=CCCOC(=O)N(CCOCCO)C1CC(=NOC)C2=CC(CCCCO)C(CCCCO)C3c4cc(OC(=O)NCC)ccc4OC1(OCC=C)C23. The quantitative estimate of drug-likeness (QED) is 0.0665. The van der Waals surface area contributed by atoms with Crippen LogP contribution < -0.4 is 14.8 Å². The van der Waals surface area contributed by atoms with Gasteiger partial charge < -0.3 is 49.2 Å². The van der Waals surface area contributed by atoms with Gasteiger partial charge in [0, 0.05) is 44.2 Å². The summed E-state index contributed by atoms with van der Waals surface area (Å²) in [4.78, 5) is 33.7. The van der Waals surface area contributed by atoms with Crippen molar-refractivity contribution in [3.8, 4) is 11.5 Å². The molecule has 4 N–H and O–H groups in total. The lowest BCUT2D eigenvalue weighted by Crippen LogP contribution is -2.70. The van der Waals surface area contributed by atoms with Gasteiger partial charge in [0.15, 0.2) is 0 Å². The molecule has 0 radical (unpaired) electrons. The summed E-state index contributed by atoms with van der Waals surface area (Å²) in [5.74, 6) is -1.46.